The van der Waals surface area contributed by atoms with Crippen molar-refractivity contribution in [2.45, 2.75) is 26.4 Å². The van der Waals surface area contributed by atoms with Crippen molar-refractivity contribution in [2.24, 2.45) is 5.92 Å². The van der Waals surface area contributed by atoms with Gasteiger partial charge in [-0.1, -0.05) is 13.8 Å². The molecule has 0 aliphatic carbocycles. The summed E-state index contributed by atoms with van der Waals surface area (Å²) < 4.78 is 5.85. The van der Waals surface area contributed by atoms with Crippen molar-refractivity contribution >= 4 is 22.8 Å². The highest BCUT2D eigenvalue weighted by atomic mass is 35.5. The van der Waals surface area contributed by atoms with Crippen LogP contribution in [0.4, 0.5) is 0 Å². The van der Waals surface area contributed by atoms with Crippen LogP contribution in [-0.4, -0.2) is 49.5 Å². The molecule has 0 aliphatic rings. The van der Waals surface area contributed by atoms with Crippen molar-refractivity contribution in [3.8, 4) is 0 Å². The molecule has 1 unspecified atom stereocenters. The molecule has 5 heteroatoms. The van der Waals surface area contributed by atoms with E-state index in [1.54, 1.807) is 13.8 Å². The molecule has 0 aromatic carbocycles. The fourth-order valence-electron chi connectivity index (χ4n) is 1.23. The molecule has 0 spiro atoms. The first-order valence-corrected chi connectivity index (χ1v) is 5.69. The summed E-state index contributed by atoms with van der Waals surface area (Å²) in [5, 5.41) is -0.477. The number of halogens is 1. The third-order valence-electron chi connectivity index (χ3n) is 1.89. The molecule has 1 atom stereocenters. The predicted octanol–water partition coefficient (Wildman–Crippen LogP) is 1.42. The summed E-state index contributed by atoms with van der Waals surface area (Å²) in [5.74, 6) is -0.489. The van der Waals surface area contributed by atoms with Crippen LogP contribution in [0.1, 0.15) is 20.3 Å². The number of ether oxygens (including phenoxy) is 1. The molecule has 0 heterocycles. The number of hydrogen-bond donors (Lipinski definition) is 0. The zero-order valence-electron chi connectivity index (χ0n) is 10.6. The molecule has 0 fully saturated rings. The Hall–Kier alpha value is -0.610. The van der Waals surface area contributed by atoms with Crippen LogP contribution in [0, 0.1) is 5.92 Å². The van der Waals surface area contributed by atoms with Crippen LogP contribution >= 0.6 is 11.6 Å². The van der Waals surface area contributed by atoms with Gasteiger partial charge in [0.25, 0.3) is 0 Å². The normalized spacial score (nSPS) is 13.7. The van der Waals surface area contributed by atoms with E-state index in [1.807, 2.05) is 21.1 Å². The van der Waals surface area contributed by atoms with Gasteiger partial charge in [0.1, 0.15) is 6.54 Å². The Kier molecular flexibility index (Phi) is 5.97. The summed E-state index contributed by atoms with van der Waals surface area (Å²) in [7, 11) is 5.90. The number of nitrogens with zero attached hydrogens (tertiary/aromatic N) is 1. The third kappa shape index (κ3) is 7.65. The number of rotatable bonds is 6. The summed E-state index contributed by atoms with van der Waals surface area (Å²) >= 11 is 5.33. The van der Waals surface area contributed by atoms with Crippen LogP contribution in [-0.2, 0) is 14.3 Å². The second-order valence-electron chi connectivity index (χ2n) is 5.25. The summed E-state index contributed by atoms with van der Waals surface area (Å²) in [6.07, 6.45) is -0.380. The molecule has 0 N–H and O–H groups in total. The average molecular weight is 251 g/mol. The van der Waals surface area contributed by atoms with Crippen LogP contribution in [0.2, 0.25) is 0 Å². The molecular weight excluding hydrogens is 230 g/mol. The Morgan fingerprint density at radius 3 is 2.06 bits per heavy atom. The lowest BCUT2D eigenvalue weighted by molar-refractivity contribution is -0.873. The summed E-state index contributed by atoms with van der Waals surface area (Å²) in [6, 6.07) is 0. The third-order valence-corrected chi connectivity index (χ3v) is 2.05. The number of likely N-dealkylation sites (N-methyl/N-ethyl adjacent to an activating group) is 1. The van der Waals surface area contributed by atoms with Gasteiger partial charge in [-0.3, -0.25) is 9.59 Å². The van der Waals surface area contributed by atoms with Gasteiger partial charge < -0.3 is 9.22 Å². The van der Waals surface area contributed by atoms with E-state index in [4.69, 9.17) is 16.3 Å². The lowest BCUT2D eigenvalue weighted by atomic mass is 10.2. The molecule has 94 valence electrons. The van der Waals surface area contributed by atoms with E-state index >= 15 is 0 Å². The van der Waals surface area contributed by atoms with Crippen LogP contribution < -0.4 is 0 Å². The largest absolute Gasteiger partial charge is 0.456 e. The van der Waals surface area contributed by atoms with E-state index in [1.165, 1.54) is 0 Å². The van der Waals surface area contributed by atoms with E-state index in [-0.39, 0.29) is 18.3 Å². The Bertz CT molecular complexity index is 258. The minimum atomic E-state index is -0.477. The van der Waals surface area contributed by atoms with E-state index in [0.717, 1.165) is 0 Å². The quantitative estimate of drug-likeness (QED) is 0.407. The number of quaternary nitrogens is 1. The summed E-state index contributed by atoms with van der Waals surface area (Å²) in [6.45, 7) is 4.08. The second kappa shape index (κ2) is 6.21. The van der Waals surface area contributed by atoms with Crippen molar-refractivity contribution < 1.29 is 18.8 Å². The predicted molar refractivity (Wildman–Crippen MR) is 63.1 cm³/mol. The molecule has 0 rings (SSSR count). The van der Waals surface area contributed by atoms with Crippen molar-refractivity contribution in [1.82, 2.24) is 0 Å². The van der Waals surface area contributed by atoms with E-state index in [9.17, 15) is 9.59 Å². The molecule has 16 heavy (non-hydrogen) atoms. The molecule has 0 aromatic rings. The minimum absolute atomic E-state index is 0.0650. The topological polar surface area (TPSA) is 43.4 Å². The fraction of sp³-hybridized carbons (Fsp3) is 0.818. The molecule has 0 saturated heterocycles. The van der Waals surface area contributed by atoms with Crippen molar-refractivity contribution in [2.75, 3.05) is 27.7 Å². The molecule has 0 aromatic heterocycles. The van der Waals surface area contributed by atoms with Crippen molar-refractivity contribution in [1.29, 1.82) is 0 Å². The first kappa shape index (κ1) is 15.4. The summed E-state index contributed by atoms with van der Waals surface area (Å²) in [4.78, 5) is 22.3. The second-order valence-corrected chi connectivity index (χ2v) is 5.67. The number of hydrogen-bond acceptors (Lipinski definition) is 3. The number of carbonyl (C=O) groups is 2. The molecular formula is C11H21ClNO3+. The van der Waals surface area contributed by atoms with Gasteiger partial charge in [-0.15, -0.1) is 0 Å². The Balaban J connectivity index is 4.43. The first-order chi connectivity index (χ1) is 7.11. The van der Waals surface area contributed by atoms with E-state index in [0.29, 0.717) is 11.0 Å². The smallest absolute Gasteiger partial charge is 0.308 e. The van der Waals surface area contributed by atoms with Gasteiger partial charge in [0, 0.05) is 0 Å². The van der Waals surface area contributed by atoms with Crippen LogP contribution in [0.5, 0.6) is 0 Å². The Morgan fingerprint density at radius 2 is 1.75 bits per heavy atom. The average Bonchev–Trinajstić information content (AvgIpc) is 1.98. The highest BCUT2D eigenvalue weighted by Gasteiger charge is 2.25. The zero-order chi connectivity index (χ0) is 12.9. The van der Waals surface area contributed by atoms with E-state index < -0.39 is 11.3 Å². The van der Waals surface area contributed by atoms with Gasteiger partial charge in [-0.05, 0) is 11.6 Å². The zero-order valence-corrected chi connectivity index (χ0v) is 11.4. The molecule has 0 saturated carbocycles. The molecule has 0 amide bonds. The van der Waals surface area contributed by atoms with Crippen LogP contribution in [0.15, 0.2) is 0 Å². The maximum Gasteiger partial charge on any atom is 0.308 e. The van der Waals surface area contributed by atoms with Crippen molar-refractivity contribution in [3.05, 3.63) is 0 Å². The molecule has 4 nitrogen and oxygen atoms in total. The standard InChI is InChI=1S/C11H21ClNO3/c1-8(2)11(15)16-9(6-10(12)14)7-13(3,4)5/h8-9H,6-7H2,1-5H3/q+1. The number of esters is 1. The van der Waals surface area contributed by atoms with Crippen LogP contribution in [0.25, 0.3) is 0 Å². The lowest BCUT2D eigenvalue weighted by Crippen LogP contribution is -2.43. The Labute approximate surface area is 102 Å². The first-order valence-electron chi connectivity index (χ1n) is 5.31. The van der Waals surface area contributed by atoms with Gasteiger partial charge in [0.15, 0.2) is 6.10 Å². The monoisotopic (exact) mass is 250 g/mol. The van der Waals surface area contributed by atoms with E-state index in [2.05, 4.69) is 0 Å². The highest BCUT2D eigenvalue weighted by Crippen LogP contribution is 2.09. The van der Waals surface area contributed by atoms with Gasteiger partial charge in [-0.2, -0.15) is 0 Å². The highest BCUT2D eigenvalue weighted by molar-refractivity contribution is 6.63. The fourth-order valence-corrected chi connectivity index (χ4v) is 1.41. The Morgan fingerprint density at radius 1 is 1.25 bits per heavy atom. The summed E-state index contributed by atoms with van der Waals surface area (Å²) in [5.41, 5.74) is 0. The molecule has 0 bridgehead atoms. The minimum Gasteiger partial charge on any atom is -0.456 e. The van der Waals surface area contributed by atoms with Gasteiger partial charge in [0.2, 0.25) is 5.24 Å². The molecule has 0 aliphatic heterocycles. The SMILES string of the molecule is CC(C)C(=O)OC(CC(=O)Cl)C[N+](C)(C)C. The maximum atomic E-state index is 11.4. The number of carbonyl (C=O) groups excluding carboxylic acids is 2. The van der Waals surface area contributed by atoms with Crippen LogP contribution in [0.3, 0.4) is 0 Å². The molecule has 0 radical (unpaired) electrons. The van der Waals surface area contributed by atoms with Gasteiger partial charge >= 0.3 is 5.97 Å². The van der Waals surface area contributed by atoms with Crippen molar-refractivity contribution in [3.63, 3.8) is 0 Å². The lowest BCUT2D eigenvalue weighted by Gasteiger charge is -2.28. The van der Waals surface area contributed by atoms with Gasteiger partial charge in [-0.25, -0.2) is 0 Å². The van der Waals surface area contributed by atoms with Gasteiger partial charge in [0.05, 0.1) is 33.5 Å². The maximum absolute atomic E-state index is 11.4.